The first-order valence-corrected chi connectivity index (χ1v) is 6.08. The molecular formula is C13H19ClO2. The summed E-state index contributed by atoms with van der Waals surface area (Å²) in [4.78, 5) is 0. The number of unbranched alkanes of at least 4 members (excludes halogenated alkanes) is 1. The summed E-state index contributed by atoms with van der Waals surface area (Å²) in [5.41, 5.74) is 2.27. The number of benzene rings is 1. The third kappa shape index (κ3) is 4.42. The molecule has 0 radical (unpaired) electrons. The number of rotatable bonds is 7. The minimum absolute atomic E-state index is 0.495. The van der Waals surface area contributed by atoms with Crippen LogP contribution in [-0.2, 0) is 10.6 Å². The maximum absolute atomic E-state index is 5.87. The molecule has 0 heterocycles. The minimum atomic E-state index is 0.495. The Labute approximate surface area is 103 Å². The van der Waals surface area contributed by atoms with Crippen molar-refractivity contribution in [2.45, 2.75) is 25.6 Å². The van der Waals surface area contributed by atoms with Crippen LogP contribution in [0.15, 0.2) is 18.2 Å². The molecule has 0 unspecified atom stereocenters. The molecular weight excluding hydrogens is 224 g/mol. The van der Waals surface area contributed by atoms with Crippen LogP contribution in [-0.4, -0.2) is 20.3 Å². The van der Waals surface area contributed by atoms with Crippen molar-refractivity contribution in [3.63, 3.8) is 0 Å². The van der Waals surface area contributed by atoms with E-state index in [4.69, 9.17) is 21.1 Å². The van der Waals surface area contributed by atoms with Crippen LogP contribution in [0, 0.1) is 6.92 Å². The van der Waals surface area contributed by atoms with Gasteiger partial charge in [-0.05, 0) is 25.8 Å². The second kappa shape index (κ2) is 7.53. The summed E-state index contributed by atoms with van der Waals surface area (Å²) in [5.74, 6) is 1.40. The smallest absolute Gasteiger partial charge is 0.123 e. The molecule has 0 aliphatic carbocycles. The van der Waals surface area contributed by atoms with Crippen LogP contribution in [0.1, 0.15) is 24.0 Å². The molecule has 2 nitrogen and oxygen atoms in total. The molecule has 0 saturated heterocycles. The first-order chi connectivity index (χ1) is 7.77. The second-order valence-corrected chi connectivity index (χ2v) is 4.06. The van der Waals surface area contributed by atoms with Gasteiger partial charge in [0.15, 0.2) is 0 Å². The Bertz CT molecular complexity index is 313. The van der Waals surface area contributed by atoms with Gasteiger partial charge in [-0.3, -0.25) is 0 Å². The summed E-state index contributed by atoms with van der Waals surface area (Å²) in [6.07, 6.45) is 2.03. The molecule has 0 spiro atoms. The summed E-state index contributed by atoms with van der Waals surface area (Å²) in [5, 5.41) is 0. The van der Waals surface area contributed by atoms with Crippen LogP contribution in [0.3, 0.4) is 0 Å². The van der Waals surface area contributed by atoms with Crippen LogP contribution in [0.5, 0.6) is 5.75 Å². The molecule has 16 heavy (non-hydrogen) atoms. The molecule has 90 valence electrons. The van der Waals surface area contributed by atoms with Crippen molar-refractivity contribution in [2.24, 2.45) is 0 Å². The third-order valence-corrected chi connectivity index (χ3v) is 2.65. The van der Waals surface area contributed by atoms with E-state index >= 15 is 0 Å². The summed E-state index contributed by atoms with van der Waals surface area (Å²) in [6.45, 7) is 3.56. The van der Waals surface area contributed by atoms with Crippen molar-refractivity contribution in [2.75, 3.05) is 20.3 Å². The SMILES string of the molecule is COCCCCOc1ccc(C)cc1CCl. The molecule has 0 amide bonds. The molecule has 0 atom stereocenters. The standard InChI is InChI=1S/C13H19ClO2/c1-11-5-6-13(12(9-11)10-14)16-8-4-3-7-15-2/h5-6,9H,3-4,7-8,10H2,1-2H3. The highest BCUT2D eigenvalue weighted by atomic mass is 35.5. The molecule has 0 aliphatic rings. The molecule has 0 saturated carbocycles. The van der Waals surface area contributed by atoms with Crippen LogP contribution < -0.4 is 4.74 Å². The molecule has 0 aromatic heterocycles. The maximum atomic E-state index is 5.87. The highest BCUT2D eigenvalue weighted by Crippen LogP contribution is 2.22. The van der Waals surface area contributed by atoms with Crippen molar-refractivity contribution >= 4 is 11.6 Å². The maximum Gasteiger partial charge on any atom is 0.123 e. The molecule has 0 fully saturated rings. The zero-order valence-electron chi connectivity index (χ0n) is 9.96. The Kier molecular flexibility index (Phi) is 6.27. The molecule has 1 aromatic rings. The van der Waals surface area contributed by atoms with Gasteiger partial charge in [-0.2, -0.15) is 0 Å². The summed E-state index contributed by atoms with van der Waals surface area (Å²) in [7, 11) is 1.71. The summed E-state index contributed by atoms with van der Waals surface area (Å²) < 4.78 is 10.7. The van der Waals surface area contributed by atoms with E-state index < -0.39 is 0 Å². The van der Waals surface area contributed by atoms with Gasteiger partial charge in [-0.15, -0.1) is 11.6 Å². The van der Waals surface area contributed by atoms with Crippen molar-refractivity contribution in [3.05, 3.63) is 29.3 Å². The Hall–Kier alpha value is -0.730. The number of aryl methyl sites for hydroxylation is 1. The average molecular weight is 243 g/mol. The highest BCUT2D eigenvalue weighted by molar-refractivity contribution is 6.17. The van der Waals surface area contributed by atoms with Crippen molar-refractivity contribution in [1.29, 1.82) is 0 Å². The molecule has 0 bridgehead atoms. The van der Waals surface area contributed by atoms with Crippen LogP contribution >= 0.6 is 11.6 Å². The molecule has 0 aliphatic heterocycles. The van der Waals surface area contributed by atoms with Gasteiger partial charge in [0.2, 0.25) is 0 Å². The lowest BCUT2D eigenvalue weighted by Gasteiger charge is -2.10. The molecule has 1 rings (SSSR count). The van der Waals surface area contributed by atoms with Gasteiger partial charge in [0.25, 0.3) is 0 Å². The lowest BCUT2D eigenvalue weighted by atomic mass is 10.1. The lowest BCUT2D eigenvalue weighted by molar-refractivity contribution is 0.184. The molecule has 0 N–H and O–H groups in total. The number of alkyl halides is 1. The zero-order chi connectivity index (χ0) is 11.8. The monoisotopic (exact) mass is 242 g/mol. The van der Waals surface area contributed by atoms with E-state index in [1.54, 1.807) is 7.11 Å². The normalized spacial score (nSPS) is 10.4. The summed E-state index contributed by atoms with van der Waals surface area (Å²) >= 11 is 5.87. The number of halogens is 1. The van der Waals surface area contributed by atoms with Gasteiger partial charge in [-0.25, -0.2) is 0 Å². The van der Waals surface area contributed by atoms with Crippen molar-refractivity contribution in [1.82, 2.24) is 0 Å². The second-order valence-electron chi connectivity index (χ2n) is 3.79. The van der Waals surface area contributed by atoms with E-state index in [1.807, 2.05) is 12.1 Å². The van der Waals surface area contributed by atoms with Crippen molar-refractivity contribution < 1.29 is 9.47 Å². The highest BCUT2D eigenvalue weighted by Gasteiger charge is 2.02. The lowest BCUT2D eigenvalue weighted by Crippen LogP contribution is -2.01. The molecule has 3 heteroatoms. The summed E-state index contributed by atoms with van der Waals surface area (Å²) in [6, 6.07) is 6.10. The van der Waals surface area contributed by atoms with E-state index in [2.05, 4.69) is 13.0 Å². The van der Waals surface area contributed by atoms with Gasteiger partial charge in [0.05, 0.1) is 12.5 Å². The average Bonchev–Trinajstić information content (AvgIpc) is 2.30. The fourth-order valence-corrected chi connectivity index (χ4v) is 1.69. The van der Waals surface area contributed by atoms with Gasteiger partial charge >= 0.3 is 0 Å². The number of methoxy groups -OCH3 is 1. The van der Waals surface area contributed by atoms with E-state index in [9.17, 15) is 0 Å². The Morgan fingerprint density at radius 3 is 2.62 bits per heavy atom. The first-order valence-electron chi connectivity index (χ1n) is 5.55. The molecule has 1 aromatic carbocycles. The quantitative estimate of drug-likeness (QED) is 0.538. The van der Waals surface area contributed by atoms with Gasteiger partial charge < -0.3 is 9.47 Å². The number of hydrogen-bond acceptors (Lipinski definition) is 2. The van der Waals surface area contributed by atoms with Crippen LogP contribution in [0.4, 0.5) is 0 Å². The Morgan fingerprint density at radius 2 is 1.94 bits per heavy atom. The Balaban J connectivity index is 2.41. The van der Waals surface area contributed by atoms with E-state index in [-0.39, 0.29) is 0 Å². The predicted molar refractivity (Wildman–Crippen MR) is 67.3 cm³/mol. The van der Waals surface area contributed by atoms with Crippen LogP contribution in [0.25, 0.3) is 0 Å². The van der Waals surface area contributed by atoms with Gasteiger partial charge in [0, 0.05) is 19.3 Å². The topological polar surface area (TPSA) is 18.5 Å². The van der Waals surface area contributed by atoms with Gasteiger partial charge in [-0.1, -0.05) is 17.7 Å². The van der Waals surface area contributed by atoms with Gasteiger partial charge in [0.1, 0.15) is 5.75 Å². The largest absolute Gasteiger partial charge is 0.493 e. The number of hydrogen-bond donors (Lipinski definition) is 0. The van der Waals surface area contributed by atoms with Crippen LogP contribution in [0.2, 0.25) is 0 Å². The predicted octanol–water partition coefficient (Wildman–Crippen LogP) is 3.54. The van der Waals surface area contributed by atoms with E-state index in [0.29, 0.717) is 5.88 Å². The third-order valence-electron chi connectivity index (χ3n) is 2.36. The minimum Gasteiger partial charge on any atom is -0.493 e. The fourth-order valence-electron chi connectivity index (χ4n) is 1.48. The first kappa shape index (κ1) is 13.3. The number of ether oxygens (including phenoxy) is 2. The van der Waals surface area contributed by atoms with Crippen molar-refractivity contribution in [3.8, 4) is 5.75 Å². The van der Waals surface area contributed by atoms with E-state index in [0.717, 1.165) is 37.4 Å². The van der Waals surface area contributed by atoms with E-state index in [1.165, 1.54) is 5.56 Å². The Morgan fingerprint density at radius 1 is 1.19 bits per heavy atom. The fraction of sp³-hybridized carbons (Fsp3) is 0.538. The zero-order valence-corrected chi connectivity index (χ0v) is 10.7.